The van der Waals surface area contributed by atoms with Crippen molar-refractivity contribution in [3.8, 4) is 17.0 Å². The molecule has 33 heavy (non-hydrogen) atoms. The first-order valence-corrected chi connectivity index (χ1v) is 11.8. The van der Waals surface area contributed by atoms with Crippen molar-refractivity contribution in [2.24, 2.45) is 11.8 Å². The first-order chi connectivity index (χ1) is 16.1. The van der Waals surface area contributed by atoms with Crippen LogP contribution in [0.4, 0.5) is 5.82 Å². The Morgan fingerprint density at radius 3 is 2.48 bits per heavy atom. The molecule has 2 aliphatic heterocycles. The fourth-order valence-corrected chi connectivity index (χ4v) is 4.68. The standard InChI is InChI=1S/C25H32N4O4/c1-3-33-25(31)19-10-13-28(14-11-19)24(30)20-5-4-12-29(16-20)23-15-22(26-17-27-23)18-6-8-21(32-2)9-7-18/h6-9,15,17,19-20H,3-5,10-14,16H2,1-2H3. The molecule has 2 saturated heterocycles. The number of rotatable bonds is 6. The van der Waals surface area contributed by atoms with Gasteiger partial charge in [0, 0.05) is 37.8 Å². The van der Waals surface area contributed by atoms with Gasteiger partial charge in [-0.1, -0.05) is 0 Å². The smallest absolute Gasteiger partial charge is 0.309 e. The summed E-state index contributed by atoms with van der Waals surface area (Å²) >= 11 is 0. The summed E-state index contributed by atoms with van der Waals surface area (Å²) in [4.78, 5) is 38.2. The van der Waals surface area contributed by atoms with Crippen LogP contribution in [0.3, 0.4) is 0 Å². The van der Waals surface area contributed by atoms with Crippen molar-refractivity contribution in [3.63, 3.8) is 0 Å². The maximum Gasteiger partial charge on any atom is 0.309 e. The molecule has 0 bridgehead atoms. The lowest BCUT2D eigenvalue weighted by atomic mass is 9.92. The lowest BCUT2D eigenvalue weighted by Gasteiger charge is -2.37. The largest absolute Gasteiger partial charge is 0.497 e. The Morgan fingerprint density at radius 1 is 1.03 bits per heavy atom. The first kappa shape index (κ1) is 23.0. The summed E-state index contributed by atoms with van der Waals surface area (Å²) in [5.41, 5.74) is 1.84. The number of anilines is 1. The highest BCUT2D eigenvalue weighted by Crippen LogP contribution is 2.28. The van der Waals surface area contributed by atoms with Crippen molar-refractivity contribution < 1.29 is 19.1 Å². The second kappa shape index (κ2) is 10.6. The van der Waals surface area contributed by atoms with Crippen LogP contribution in [0, 0.1) is 11.8 Å². The number of amides is 1. The van der Waals surface area contributed by atoms with Crippen LogP contribution >= 0.6 is 0 Å². The van der Waals surface area contributed by atoms with E-state index in [1.54, 1.807) is 13.4 Å². The zero-order valence-electron chi connectivity index (χ0n) is 19.4. The highest BCUT2D eigenvalue weighted by Gasteiger charge is 2.33. The number of nitrogens with zero attached hydrogens (tertiary/aromatic N) is 4. The molecule has 3 heterocycles. The number of esters is 1. The Balaban J connectivity index is 1.38. The van der Waals surface area contributed by atoms with Gasteiger partial charge in [-0.2, -0.15) is 0 Å². The SMILES string of the molecule is CCOC(=O)C1CCN(C(=O)C2CCCN(c3cc(-c4ccc(OC)cc4)ncn3)C2)CC1. The third-order valence-electron chi connectivity index (χ3n) is 6.56. The zero-order valence-corrected chi connectivity index (χ0v) is 19.4. The van der Waals surface area contributed by atoms with Gasteiger partial charge in [-0.05, 0) is 56.9 Å². The van der Waals surface area contributed by atoms with Crippen LogP contribution in [0.5, 0.6) is 5.75 Å². The minimum Gasteiger partial charge on any atom is -0.497 e. The topological polar surface area (TPSA) is 84.9 Å². The molecule has 2 fully saturated rings. The van der Waals surface area contributed by atoms with Gasteiger partial charge in [-0.25, -0.2) is 9.97 Å². The quantitative estimate of drug-likeness (QED) is 0.623. The molecule has 2 aliphatic rings. The number of carbonyl (C=O) groups excluding carboxylic acids is 2. The molecule has 0 saturated carbocycles. The third-order valence-corrected chi connectivity index (χ3v) is 6.56. The van der Waals surface area contributed by atoms with Gasteiger partial charge in [0.05, 0.1) is 31.2 Å². The van der Waals surface area contributed by atoms with Gasteiger partial charge in [0.2, 0.25) is 5.91 Å². The molecule has 1 atom stereocenters. The van der Waals surface area contributed by atoms with Gasteiger partial charge >= 0.3 is 5.97 Å². The molecule has 1 unspecified atom stereocenters. The average Bonchev–Trinajstić information content (AvgIpc) is 2.88. The van der Waals surface area contributed by atoms with E-state index in [2.05, 4.69) is 14.9 Å². The van der Waals surface area contributed by atoms with Crippen LogP contribution < -0.4 is 9.64 Å². The third kappa shape index (κ3) is 5.43. The van der Waals surface area contributed by atoms with E-state index in [-0.39, 0.29) is 23.7 Å². The van der Waals surface area contributed by atoms with E-state index in [9.17, 15) is 9.59 Å². The van der Waals surface area contributed by atoms with E-state index in [4.69, 9.17) is 9.47 Å². The number of ether oxygens (including phenoxy) is 2. The number of carbonyl (C=O) groups is 2. The van der Waals surface area contributed by atoms with Gasteiger partial charge < -0.3 is 19.3 Å². The molecule has 0 spiro atoms. The Kier molecular flexibility index (Phi) is 7.42. The van der Waals surface area contributed by atoms with Crippen LogP contribution in [0.15, 0.2) is 36.7 Å². The lowest BCUT2D eigenvalue weighted by Crippen LogP contribution is -2.48. The number of benzene rings is 1. The molecular weight excluding hydrogens is 420 g/mol. The van der Waals surface area contributed by atoms with Crippen LogP contribution in [0.1, 0.15) is 32.6 Å². The lowest BCUT2D eigenvalue weighted by molar-refractivity contribution is -0.151. The fourth-order valence-electron chi connectivity index (χ4n) is 4.68. The molecule has 0 N–H and O–H groups in total. The second-order valence-electron chi connectivity index (χ2n) is 8.63. The molecule has 1 aromatic heterocycles. The molecule has 1 aromatic carbocycles. The van der Waals surface area contributed by atoms with E-state index < -0.39 is 0 Å². The van der Waals surface area contributed by atoms with E-state index in [1.165, 1.54) is 0 Å². The Labute approximate surface area is 194 Å². The maximum absolute atomic E-state index is 13.2. The molecule has 0 radical (unpaired) electrons. The Hall–Kier alpha value is -3.16. The summed E-state index contributed by atoms with van der Waals surface area (Å²) in [6, 6.07) is 9.77. The molecule has 1 amide bonds. The first-order valence-electron chi connectivity index (χ1n) is 11.8. The monoisotopic (exact) mass is 452 g/mol. The minimum absolute atomic E-state index is 0.0581. The Bertz CT molecular complexity index is 957. The van der Waals surface area contributed by atoms with Crippen LogP contribution in [-0.2, 0) is 14.3 Å². The zero-order chi connectivity index (χ0) is 23.2. The summed E-state index contributed by atoms with van der Waals surface area (Å²) in [5, 5.41) is 0. The van der Waals surface area contributed by atoms with Crippen LogP contribution in [0.2, 0.25) is 0 Å². The van der Waals surface area contributed by atoms with E-state index in [1.807, 2.05) is 42.2 Å². The molecule has 8 nitrogen and oxygen atoms in total. The van der Waals surface area contributed by atoms with E-state index in [0.717, 1.165) is 42.2 Å². The van der Waals surface area contributed by atoms with E-state index in [0.29, 0.717) is 39.1 Å². The van der Waals surface area contributed by atoms with Crippen molar-refractivity contribution in [1.29, 1.82) is 0 Å². The molecule has 8 heteroatoms. The predicted molar refractivity (Wildman–Crippen MR) is 125 cm³/mol. The maximum atomic E-state index is 13.2. The van der Waals surface area contributed by atoms with Gasteiger partial charge in [0.15, 0.2) is 0 Å². The summed E-state index contributed by atoms with van der Waals surface area (Å²) in [5.74, 6) is 1.55. The van der Waals surface area contributed by atoms with Crippen molar-refractivity contribution in [2.75, 3.05) is 44.8 Å². The summed E-state index contributed by atoms with van der Waals surface area (Å²) in [6.07, 6.45) is 4.76. The molecular formula is C25H32N4O4. The highest BCUT2D eigenvalue weighted by molar-refractivity contribution is 5.80. The highest BCUT2D eigenvalue weighted by atomic mass is 16.5. The van der Waals surface area contributed by atoms with Crippen molar-refractivity contribution in [2.45, 2.75) is 32.6 Å². The molecule has 4 rings (SSSR count). The predicted octanol–water partition coefficient (Wildman–Crippen LogP) is 3.17. The summed E-state index contributed by atoms with van der Waals surface area (Å²) < 4.78 is 10.4. The number of methoxy groups -OCH3 is 1. The van der Waals surface area contributed by atoms with Crippen LogP contribution in [0.25, 0.3) is 11.3 Å². The van der Waals surface area contributed by atoms with Gasteiger partial charge in [0.25, 0.3) is 0 Å². The van der Waals surface area contributed by atoms with E-state index >= 15 is 0 Å². The number of hydrogen-bond donors (Lipinski definition) is 0. The molecule has 2 aromatic rings. The van der Waals surface area contributed by atoms with Gasteiger partial charge in [-0.15, -0.1) is 0 Å². The van der Waals surface area contributed by atoms with Gasteiger partial charge in [-0.3, -0.25) is 9.59 Å². The number of aromatic nitrogens is 2. The minimum atomic E-state index is -0.134. The van der Waals surface area contributed by atoms with Gasteiger partial charge in [0.1, 0.15) is 17.9 Å². The summed E-state index contributed by atoms with van der Waals surface area (Å²) in [6.45, 7) is 4.98. The normalized spacial score (nSPS) is 19.3. The number of hydrogen-bond acceptors (Lipinski definition) is 7. The number of likely N-dealkylation sites (tertiary alicyclic amines) is 1. The van der Waals surface area contributed by atoms with Crippen LogP contribution in [-0.4, -0.2) is 66.6 Å². The van der Waals surface area contributed by atoms with Crippen molar-refractivity contribution in [3.05, 3.63) is 36.7 Å². The molecule has 0 aliphatic carbocycles. The van der Waals surface area contributed by atoms with Crippen molar-refractivity contribution in [1.82, 2.24) is 14.9 Å². The molecule has 176 valence electrons. The second-order valence-corrected chi connectivity index (χ2v) is 8.63. The fraction of sp³-hybridized carbons (Fsp3) is 0.520. The Morgan fingerprint density at radius 2 is 1.79 bits per heavy atom. The summed E-state index contributed by atoms with van der Waals surface area (Å²) in [7, 11) is 1.65. The van der Waals surface area contributed by atoms with Crippen molar-refractivity contribution >= 4 is 17.7 Å². The number of piperidine rings is 2. The average molecular weight is 453 g/mol.